The van der Waals surface area contributed by atoms with E-state index in [0.717, 1.165) is 31.7 Å². The average Bonchev–Trinajstić information content (AvgIpc) is 2.74. The molecule has 1 aliphatic heterocycles. The molecule has 2 nitrogen and oxygen atoms in total. The quantitative estimate of drug-likeness (QED) is 0.897. The zero-order chi connectivity index (χ0) is 11.4. The fourth-order valence-electron chi connectivity index (χ4n) is 1.84. The van der Waals surface area contributed by atoms with Crippen LogP contribution in [0.4, 0.5) is 0 Å². The molecule has 2 rings (SSSR count). The SMILES string of the molecule is Clc1ccc(CNC[C@H]2CCCO2)c(Cl)c1. The van der Waals surface area contributed by atoms with Crippen molar-refractivity contribution in [3.63, 3.8) is 0 Å². The molecule has 88 valence electrons. The number of rotatable bonds is 4. The number of ether oxygens (including phenoxy) is 1. The van der Waals surface area contributed by atoms with Gasteiger partial charge in [0.25, 0.3) is 0 Å². The summed E-state index contributed by atoms with van der Waals surface area (Å²) in [6, 6.07) is 5.58. The van der Waals surface area contributed by atoms with Gasteiger partial charge >= 0.3 is 0 Å². The second kappa shape index (κ2) is 5.87. The summed E-state index contributed by atoms with van der Waals surface area (Å²) in [5.74, 6) is 0. The Bertz CT molecular complexity index is 351. The van der Waals surface area contributed by atoms with Crippen LogP contribution >= 0.6 is 23.2 Å². The van der Waals surface area contributed by atoms with E-state index in [-0.39, 0.29) is 0 Å². The first-order chi connectivity index (χ1) is 7.75. The third-order valence-electron chi connectivity index (χ3n) is 2.73. The minimum absolute atomic E-state index is 0.367. The molecule has 1 aromatic carbocycles. The van der Waals surface area contributed by atoms with Gasteiger partial charge in [-0.2, -0.15) is 0 Å². The summed E-state index contributed by atoms with van der Waals surface area (Å²) in [7, 11) is 0. The summed E-state index contributed by atoms with van der Waals surface area (Å²) in [5.41, 5.74) is 1.07. The molecule has 1 heterocycles. The lowest BCUT2D eigenvalue weighted by molar-refractivity contribution is 0.110. The highest BCUT2D eigenvalue weighted by Gasteiger charge is 2.14. The summed E-state index contributed by atoms with van der Waals surface area (Å²) >= 11 is 11.9. The minimum Gasteiger partial charge on any atom is -0.377 e. The van der Waals surface area contributed by atoms with Crippen LogP contribution in [-0.2, 0) is 11.3 Å². The van der Waals surface area contributed by atoms with E-state index in [1.807, 2.05) is 12.1 Å². The van der Waals surface area contributed by atoms with E-state index in [4.69, 9.17) is 27.9 Å². The van der Waals surface area contributed by atoms with Crippen molar-refractivity contribution in [2.45, 2.75) is 25.5 Å². The van der Waals surface area contributed by atoms with E-state index >= 15 is 0 Å². The molecule has 0 aliphatic carbocycles. The van der Waals surface area contributed by atoms with Crippen molar-refractivity contribution >= 4 is 23.2 Å². The van der Waals surface area contributed by atoms with E-state index in [1.54, 1.807) is 6.07 Å². The van der Waals surface area contributed by atoms with Crippen molar-refractivity contribution in [3.05, 3.63) is 33.8 Å². The molecule has 0 unspecified atom stereocenters. The topological polar surface area (TPSA) is 21.3 Å². The normalized spacial score (nSPS) is 20.2. The van der Waals surface area contributed by atoms with Gasteiger partial charge in [0, 0.05) is 29.7 Å². The molecule has 0 radical (unpaired) electrons. The molecule has 1 aromatic rings. The molecule has 1 aliphatic rings. The van der Waals surface area contributed by atoms with Gasteiger partial charge in [-0.15, -0.1) is 0 Å². The second-order valence-corrected chi connectivity index (χ2v) is 4.85. The Kier molecular flexibility index (Phi) is 4.47. The summed E-state index contributed by atoms with van der Waals surface area (Å²) in [6.45, 7) is 2.54. The maximum absolute atomic E-state index is 6.07. The van der Waals surface area contributed by atoms with Crippen molar-refractivity contribution < 1.29 is 4.74 Å². The third-order valence-corrected chi connectivity index (χ3v) is 3.31. The summed E-state index contributed by atoms with van der Waals surface area (Å²) in [6.07, 6.45) is 2.70. The Balaban J connectivity index is 1.80. The molecule has 0 saturated carbocycles. The van der Waals surface area contributed by atoms with Crippen LogP contribution in [0.3, 0.4) is 0 Å². The van der Waals surface area contributed by atoms with Crippen molar-refractivity contribution in [2.24, 2.45) is 0 Å². The molecule has 1 saturated heterocycles. The smallest absolute Gasteiger partial charge is 0.0700 e. The van der Waals surface area contributed by atoms with Crippen molar-refractivity contribution in [2.75, 3.05) is 13.2 Å². The molecular weight excluding hydrogens is 245 g/mol. The van der Waals surface area contributed by atoms with Crippen LogP contribution in [-0.4, -0.2) is 19.3 Å². The van der Waals surface area contributed by atoms with Crippen LogP contribution in [0.25, 0.3) is 0 Å². The third kappa shape index (κ3) is 3.36. The number of benzene rings is 1. The Labute approximate surface area is 106 Å². The lowest BCUT2D eigenvalue weighted by Gasteiger charge is -2.11. The Hall–Kier alpha value is -0.280. The standard InChI is InChI=1S/C12H15Cl2NO/c13-10-4-3-9(12(14)6-10)7-15-8-11-2-1-5-16-11/h3-4,6,11,15H,1-2,5,7-8H2/t11-/m1/s1. The van der Waals surface area contributed by atoms with E-state index < -0.39 is 0 Å². The van der Waals surface area contributed by atoms with Crippen LogP contribution in [0, 0.1) is 0 Å². The molecule has 0 amide bonds. The maximum Gasteiger partial charge on any atom is 0.0700 e. The first-order valence-corrected chi connectivity index (χ1v) is 6.27. The van der Waals surface area contributed by atoms with Gasteiger partial charge in [-0.1, -0.05) is 29.3 Å². The van der Waals surface area contributed by atoms with Gasteiger partial charge in [0.1, 0.15) is 0 Å². The van der Waals surface area contributed by atoms with E-state index in [2.05, 4.69) is 5.32 Å². The van der Waals surface area contributed by atoms with Gasteiger partial charge < -0.3 is 10.1 Å². The van der Waals surface area contributed by atoms with Crippen molar-refractivity contribution in [3.8, 4) is 0 Å². The lowest BCUT2D eigenvalue weighted by atomic mass is 10.2. The predicted octanol–water partition coefficient (Wildman–Crippen LogP) is 3.26. The molecular formula is C12H15Cl2NO. The number of hydrogen-bond acceptors (Lipinski definition) is 2. The van der Waals surface area contributed by atoms with E-state index in [0.29, 0.717) is 16.1 Å². The fourth-order valence-corrected chi connectivity index (χ4v) is 2.31. The Morgan fingerprint density at radius 3 is 2.94 bits per heavy atom. The fraction of sp³-hybridized carbons (Fsp3) is 0.500. The van der Waals surface area contributed by atoms with Crippen LogP contribution in [0.1, 0.15) is 18.4 Å². The molecule has 0 bridgehead atoms. The summed E-state index contributed by atoms with van der Waals surface area (Å²) < 4.78 is 5.52. The second-order valence-electron chi connectivity index (χ2n) is 4.00. The molecule has 4 heteroatoms. The van der Waals surface area contributed by atoms with Gasteiger partial charge in [-0.05, 0) is 30.5 Å². The van der Waals surface area contributed by atoms with Gasteiger partial charge in [0.2, 0.25) is 0 Å². The van der Waals surface area contributed by atoms with Crippen LogP contribution < -0.4 is 5.32 Å². The molecule has 1 atom stereocenters. The highest BCUT2D eigenvalue weighted by molar-refractivity contribution is 6.35. The van der Waals surface area contributed by atoms with E-state index in [1.165, 1.54) is 6.42 Å². The Morgan fingerprint density at radius 1 is 1.38 bits per heavy atom. The minimum atomic E-state index is 0.367. The first kappa shape index (κ1) is 12.2. The highest BCUT2D eigenvalue weighted by atomic mass is 35.5. The molecule has 1 fully saturated rings. The van der Waals surface area contributed by atoms with Crippen LogP contribution in [0.2, 0.25) is 10.0 Å². The molecule has 0 spiro atoms. The first-order valence-electron chi connectivity index (χ1n) is 5.52. The average molecular weight is 260 g/mol. The number of halogens is 2. The molecule has 1 N–H and O–H groups in total. The zero-order valence-corrected chi connectivity index (χ0v) is 10.5. The Morgan fingerprint density at radius 2 is 2.25 bits per heavy atom. The van der Waals surface area contributed by atoms with Gasteiger partial charge in [-0.3, -0.25) is 0 Å². The predicted molar refractivity (Wildman–Crippen MR) is 67.1 cm³/mol. The van der Waals surface area contributed by atoms with Gasteiger partial charge in [-0.25, -0.2) is 0 Å². The van der Waals surface area contributed by atoms with Crippen molar-refractivity contribution in [1.29, 1.82) is 0 Å². The van der Waals surface area contributed by atoms with Crippen LogP contribution in [0.15, 0.2) is 18.2 Å². The van der Waals surface area contributed by atoms with Gasteiger partial charge in [0.15, 0.2) is 0 Å². The largest absolute Gasteiger partial charge is 0.377 e. The van der Waals surface area contributed by atoms with Crippen LogP contribution in [0.5, 0.6) is 0 Å². The lowest BCUT2D eigenvalue weighted by Crippen LogP contribution is -2.25. The monoisotopic (exact) mass is 259 g/mol. The summed E-state index contributed by atoms with van der Waals surface area (Å²) in [5, 5.41) is 4.74. The molecule has 16 heavy (non-hydrogen) atoms. The van der Waals surface area contributed by atoms with Gasteiger partial charge in [0.05, 0.1) is 6.10 Å². The number of nitrogens with one attached hydrogen (secondary N) is 1. The highest BCUT2D eigenvalue weighted by Crippen LogP contribution is 2.20. The maximum atomic E-state index is 6.07. The number of hydrogen-bond donors (Lipinski definition) is 1. The van der Waals surface area contributed by atoms with E-state index in [9.17, 15) is 0 Å². The van der Waals surface area contributed by atoms with Crippen molar-refractivity contribution in [1.82, 2.24) is 5.32 Å². The molecule has 0 aromatic heterocycles. The summed E-state index contributed by atoms with van der Waals surface area (Å²) in [4.78, 5) is 0. The zero-order valence-electron chi connectivity index (χ0n) is 9.01.